The highest BCUT2D eigenvalue weighted by Crippen LogP contribution is 2.18. The van der Waals surface area contributed by atoms with E-state index in [1.165, 1.54) is 7.11 Å². The van der Waals surface area contributed by atoms with E-state index in [9.17, 15) is 9.90 Å². The van der Waals surface area contributed by atoms with Crippen molar-refractivity contribution in [3.05, 3.63) is 0 Å². The topological polar surface area (TPSA) is 58.6 Å². The third kappa shape index (κ3) is 5.50. The van der Waals surface area contributed by atoms with Crippen LogP contribution in [0, 0.1) is 0 Å². The summed E-state index contributed by atoms with van der Waals surface area (Å²) in [5, 5.41) is 13.0. The number of aliphatic hydroxyl groups excluding tert-OH is 1. The van der Waals surface area contributed by atoms with Crippen molar-refractivity contribution >= 4 is 5.97 Å². The van der Waals surface area contributed by atoms with E-state index in [0.717, 1.165) is 38.5 Å². The standard InChI is InChI=1S/C13H25NO3/c1-10-12(15)9-8-11(14-10)6-4-3-5-7-13(16)17-2/h10-12,14-15H,3-9H2,1-2H3/t10-,11+,12-/m0/s1. The maximum absolute atomic E-state index is 10.9. The van der Waals surface area contributed by atoms with Crippen molar-refractivity contribution in [3.63, 3.8) is 0 Å². The minimum absolute atomic E-state index is 0.113. The second kappa shape index (κ2) is 7.67. The van der Waals surface area contributed by atoms with E-state index < -0.39 is 0 Å². The van der Waals surface area contributed by atoms with Gasteiger partial charge in [-0.1, -0.05) is 12.8 Å². The molecule has 100 valence electrons. The van der Waals surface area contributed by atoms with E-state index in [1.807, 2.05) is 6.92 Å². The van der Waals surface area contributed by atoms with Crippen LogP contribution in [-0.2, 0) is 9.53 Å². The van der Waals surface area contributed by atoms with Gasteiger partial charge in [0, 0.05) is 18.5 Å². The number of hydrogen-bond acceptors (Lipinski definition) is 4. The molecule has 0 aliphatic carbocycles. The molecule has 0 amide bonds. The van der Waals surface area contributed by atoms with Gasteiger partial charge in [-0.15, -0.1) is 0 Å². The van der Waals surface area contributed by atoms with Crippen molar-refractivity contribution < 1.29 is 14.6 Å². The highest BCUT2D eigenvalue weighted by molar-refractivity contribution is 5.68. The fraction of sp³-hybridized carbons (Fsp3) is 0.923. The summed E-state index contributed by atoms with van der Waals surface area (Å²) < 4.78 is 4.59. The Labute approximate surface area is 104 Å². The molecule has 1 aliphatic rings. The van der Waals surface area contributed by atoms with Crippen molar-refractivity contribution in [1.82, 2.24) is 5.32 Å². The Morgan fingerprint density at radius 3 is 2.76 bits per heavy atom. The molecule has 0 aromatic rings. The number of carbonyl (C=O) groups excluding carboxylic acids is 1. The van der Waals surface area contributed by atoms with Crippen LogP contribution < -0.4 is 5.32 Å². The highest BCUT2D eigenvalue weighted by atomic mass is 16.5. The first-order chi connectivity index (χ1) is 8.13. The number of methoxy groups -OCH3 is 1. The van der Waals surface area contributed by atoms with Gasteiger partial charge in [-0.3, -0.25) is 4.79 Å². The molecule has 0 radical (unpaired) electrons. The highest BCUT2D eigenvalue weighted by Gasteiger charge is 2.24. The average Bonchev–Trinajstić information content (AvgIpc) is 2.33. The van der Waals surface area contributed by atoms with Crippen LogP contribution in [0.1, 0.15) is 51.9 Å². The summed E-state index contributed by atoms with van der Waals surface area (Å²) in [5.74, 6) is -0.113. The van der Waals surface area contributed by atoms with Crippen LogP contribution >= 0.6 is 0 Å². The van der Waals surface area contributed by atoms with Crippen LogP contribution in [0.5, 0.6) is 0 Å². The maximum atomic E-state index is 10.9. The number of esters is 1. The number of rotatable bonds is 6. The normalized spacial score (nSPS) is 29.0. The molecular weight excluding hydrogens is 218 g/mol. The van der Waals surface area contributed by atoms with E-state index in [-0.39, 0.29) is 18.1 Å². The monoisotopic (exact) mass is 243 g/mol. The van der Waals surface area contributed by atoms with Gasteiger partial charge >= 0.3 is 5.97 Å². The van der Waals surface area contributed by atoms with Gasteiger partial charge in [-0.05, 0) is 32.6 Å². The largest absolute Gasteiger partial charge is 0.469 e. The Kier molecular flexibility index (Phi) is 6.52. The Bertz CT molecular complexity index is 233. The third-order valence-electron chi connectivity index (χ3n) is 3.55. The molecular formula is C13H25NO3. The molecule has 0 spiro atoms. The number of carbonyl (C=O) groups is 1. The molecule has 0 bridgehead atoms. The number of piperidine rings is 1. The number of nitrogens with one attached hydrogen (secondary N) is 1. The third-order valence-corrected chi connectivity index (χ3v) is 3.55. The molecule has 1 aliphatic heterocycles. The van der Waals surface area contributed by atoms with Gasteiger partial charge < -0.3 is 15.2 Å². The molecule has 4 nitrogen and oxygen atoms in total. The van der Waals surface area contributed by atoms with Crippen molar-refractivity contribution in [2.45, 2.75) is 70.1 Å². The Morgan fingerprint density at radius 2 is 2.12 bits per heavy atom. The first kappa shape index (κ1) is 14.5. The lowest BCUT2D eigenvalue weighted by atomic mass is 9.93. The van der Waals surface area contributed by atoms with Crippen LogP contribution in [0.15, 0.2) is 0 Å². The number of unbranched alkanes of at least 4 members (excludes halogenated alkanes) is 2. The van der Waals surface area contributed by atoms with Crippen LogP contribution in [-0.4, -0.2) is 36.4 Å². The van der Waals surface area contributed by atoms with Crippen LogP contribution in [0.2, 0.25) is 0 Å². The zero-order chi connectivity index (χ0) is 12.7. The molecule has 0 saturated carbocycles. The quantitative estimate of drug-likeness (QED) is 0.549. The number of hydrogen-bond donors (Lipinski definition) is 2. The zero-order valence-electron chi connectivity index (χ0n) is 10.9. The first-order valence-corrected chi connectivity index (χ1v) is 6.64. The second-order valence-corrected chi connectivity index (χ2v) is 4.97. The van der Waals surface area contributed by atoms with E-state index in [2.05, 4.69) is 10.1 Å². The first-order valence-electron chi connectivity index (χ1n) is 6.64. The summed E-state index contributed by atoms with van der Waals surface area (Å²) in [4.78, 5) is 10.9. The molecule has 17 heavy (non-hydrogen) atoms. The zero-order valence-corrected chi connectivity index (χ0v) is 10.9. The van der Waals surface area contributed by atoms with Crippen molar-refractivity contribution in [1.29, 1.82) is 0 Å². The molecule has 1 heterocycles. The summed E-state index contributed by atoms with van der Waals surface area (Å²) in [6.45, 7) is 2.04. The Hall–Kier alpha value is -0.610. The number of aliphatic hydroxyl groups is 1. The molecule has 0 unspecified atom stereocenters. The molecule has 1 fully saturated rings. The fourth-order valence-electron chi connectivity index (χ4n) is 2.35. The maximum Gasteiger partial charge on any atom is 0.305 e. The van der Waals surface area contributed by atoms with E-state index >= 15 is 0 Å². The lowest BCUT2D eigenvalue weighted by molar-refractivity contribution is -0.140. The number of ether oxygens (including phenoxy) is 1. The molecule has 1 saturated heterocycles. The van der Waals surface area contributed by atoms with Crippen molar-refractivity contribution in [2.24, 2.45) is 0 Å². The average molecular weight is 243 g/mol. The molecule has 2 N–H and O–H groups in total. The van der Waals surface area contributed by atoms with Gasteiger partial charge in [-0.2, -0.15) is 0 Å². The van der Waals surface area contributed by atoms with Gasteiger partial charge in [0.1, 0.15) is 0 Å². The SMILES string of the molecule is COC(=O)CCCCC[C@@H]1CC[C@H](O)[C@H](C)N1. The lowest BCUT2D eigenvalue weighted by Crippen LogP contribution is -2.48. The van der Waals surface area contributed by atoms with E-state index in [1.54, 1.807) is 0 Å². The molecule has 0 aromatic carbocycles. The van der Waals surface area contributed by atoms with Gasteiger partial charge in [0.15, 0.2) is 0 Å². The minimum Gasteiger partial charge on any atom is -0.469 e. The van der Waals surface area contributed by atoms with Crippen LogP contribution in [0.4, 0.5) is 0 Å². The van der Waals surface area contributed by atoms with Crippen molar-refractivity contribution in [2.75, 3.05) is 7.11 Å². The summed E-state index contributed by atoms with van der Waals surface area (Å²) in [6.07, 6.45) is 6.57. The summed E-state index contributed by atoms with van der Waals surface area (Å²) in [5.41, 5.74) is 0. The molecule has 3 atom stereocenters. The summed E-state index contributed by atoms with van der Waals surface area (Å²) >= 11 is 0. The van der Waals surface area contributed by atoms with Gasteiger partial charge in [0.2, 0.25) is 0 Å². The van der Waals surface area contributed by atoms with Crippen LogP contribution in [0.3, 0.4) is 0 Å². The lowest BCUT2D eigenvalue weighted by Gasteiger charge is -2.32. The van der Waals surface area contributed by atoms with Gasteiger partial charge in [-0.25, -0.2) is 0 Å². The van der Waals surface area contributed by atoms with Crippen LogP contribution in [0.25, 0.3) is 0 Å². The predicted molar refractivity (Wildman–Crippen MR) is 66.7 cm³/mol. The molecule has 1 rings (SSSR count). The van der Waals surface area contributed by atoms with Gasteiger partial charge in [0.05, 0.1) is 13.2 Å². The predicted octanol–water partition coefficient (Wildman–Crippen LogP) is 1.61. The van der Waals surface area contributed by atoms with Crippen molar-refractivity contribution in [3.8, 4) is 0 Å². The van der Waals surface area contributed by atoms with E-state index in [0.29, 0.717) is 12.5 Å². The Balaban J connectivity index is 2.01. The minimum atomic E-state index is -0.189. The summed E-state index contributed by atoms with van der Waals surface area (Å²) in [6, 6.07) is 0.746. The Morgan fingerprint density at radius 1 is 1.35 bits per heavy atom. The van der Waals surface area contributed by atoms with Gasteiger partial charge in [0.25, 0.3) is 0 Å². The smallest absolute Gasteiger partial charge is 0.305 e. The fourth-order valence-corrected chi connectivity index (χ4v) is 2.35. The molecule has 0 aromatic heterocycles. The summed E-state index contributed by atoms with van der Waals surface area (Å²) in [7, 11) is 1.43. The second-order valence-electron chi connectivity index (χ2n) is 4.97. The molecule has 4 heteroatoms. The van der Waals surface area contributed by atoms with E-state index in [4.69, 9.17) is 0 Å².